The number of sulfonamides is 1. The van der Waals surface area contributed by atoms with E-state index >= 15 is 0 Å². The summed E-state index contributed by atoms with van der Waals surface area (Å²) in [6.45, 7) is 4.02. The summed E-state index contributed by atoms with van der Waals surface area (Å²) in [5.41, 5.74) is 1.12. The predicted molar refractivity (Wildman–Crippen MR) is 127 cm³/mol. The van der Waals surface area contributed by atoms with Gasteiger partial charge >= 0.3 is 0 Å². The molecule has 0 radical (unpaired) electrons. The van der Waals surface area contributed by atoms with E-state index in [9.17, 15) is 23.6 Å². The van der Waals surface area contributed by atoms with Crippen LogP contribution in [0.4, 0.5) is 11.4 Å². The Morgan fingerprint density at radius 1 is 1.06 bits per heavy atom. The lowest BCUT2D eigenvalue weighted by molar-refractivity contribution is -0.384. The molecule has 33 heavy (non-hydrogen) atoms. The first-order valence-electron chi connectivity index (χ1n) is 11.5. The number of benzene rings is 2. The van der Waals surface area contributed by atoms with Crippen molar-refractivity contribution in [3.63, 3.8) is 0 Å². The number of nitro benzene ring substituents is 1. The number of nitrogens with zero attached hydrogens (tertiary/aromatic N) is 3. The van der Waals surface area contributed by atoms with Crippen LogP contribution in [0, 0.1) is 22.0 Å². The standard InChI is InChI=1S/C24H31N3O5S/c1-18-6-5-13-26(17-18)33(31,32)21-9-10-22(23(16-21)27(29)30)25-14-11-20(12-15-25)24(28)19-7-3-2-4-8-19/h2-4,7-10,16,18,20,24,28H,5-6,11-15,17H2,1H3/t18-,24+/m1/s1. The fourth-order valence-electron chi connectivity index (χ4n) is 4.97. The summed E-state index contributed by atoms with van der Waals surface area (Å²) in [5.74, 6) is 0.346. The summed E-state index contributed by atoms with van der Waals surface area (Å²) in [6.07, 6.45) is 2.60. The van der Waals surface area contributed by atoms with Gasteiger partial charge in [0.1, 0.15) is 5.69 Å². The molecule has 0 bridgehead atoms. The first-order valence-corrected chi connectivity index (χ1v) is 13.0. The molecule has 4 rings (SSSR count). The van der Waals surface area contributed by atoms with E-state index in [-0.39, 0.29) is 22.4 Å². The van der Waals surface area contributed by atoms with Crippen LogP contribution in [0.15, 0.2) is 53.4 Å². The molecule has 0 unspecified atom stereocenters. The summed E-state index contributed by atoms with van der Waals surface area (Å²) in [4.78, 5) is 13.3. The molecule has 2 aliphatic heterocycles. The van der Waals surface area contributed by atoms with Gasteiger partial charge in [-0.15, -0.1) is 0 Å². The average molecular weight is 474 g/mol. The van der Waals surface area contributed by atoms with E-state index < -0.39 is 21.1 Å². The molecule has 2 aromatic rings. The van der Waals surface area contributed by atoms with E-state index in [1.165, 1.54) is 16.4 Å². The monoisotopic (exact) mass is 473 g/mol. The van der Waals surface area contributed by atoms with E-state index in [0.717, 1.165) is 18.4 Å². The van der Waals surface area contributed by atoms with Gasteiger partial charge in [-0.2, -0.15) is 4.31 Å². The van der Waals surface area contributed by atoms with Gasteiger partial charge in [0.2, 0.25) is 10.0 Å². The normalized spacial score (nSPS) is 21.6. The highest BCUT2D eigenvalue weighted by Crippen LogP contribution is 2.37. The molecule has 0 saturated carbocycles. The number of anilines is 1. The van der Waals surface area contributed by atoms with E-state index in [4.69, 9.17) is 0 Å². The van der Waals surface area contributed by atoms with E-state index in [1.54, 1.807) is 6.07 Å². The lowest BCUT2D eigenvalue weighted by atomic mass is 9.87. The van der Waals surface area contributed by atoms with Crippen LogP contribution < -0.4 is 4.90 Å². The molecule has 2 aromatic carbocycles. The van der Waals surface area contributed by atoms with Crippen molar-refractivity contribution in [2.75, 3.05) is 31.1 Å². The molecule has 8 nitrogen and oxygen atoms in total. The summed E-state index contributed by atoms with van der Waals surface area (Å²) in [6, 6.07) is 13.8. The minimum Gasteiger partial charge on any atom is -0.388 e. The highest BCUT2D eigenvalue weighted by Gasteiger charge is 2.33. The summed E-state index contributed by atoms with van der Waals surface area (Å²) >= 11 is 0. The van der Waals surface area contributed by atoms with E-state index in [1.807, 2.05) is 42.2 Å². The molecule has 2 aliphatic rings. The molecule has 0 amide bonds. The lowest BCUT2D eigenvalue weighted by Gasteiger charge is -2.35. The van der Waals surface area contributed by atoms with Crippen molar-refractivity contribution in [2.45, 2.75) is 43.6 Å². The van der Waals surface area contributed by atoms with Gasteiger partial charge < -0.3 is 10.0 Å². The summed E-state index contributed by atoms with van der Waals surface area (Å²) < 4.78 is 27.7. The van der Waals surface area contributed by atoms with Crippen LogP contribution in [0.3, 0.4) is 0 Å². The minimum absolute atomic E-state index is 0.0264. The van der Waals surface area contributed by atoms with Gasteiger partial charge in [-0.25, -0.2) is 8.42 Å². The van der Waals surface area contributed by atoms with Crippen molar-refractivity contribution in [3.8, 4) is 0 Å². The topological polar surface area (TPSA) is 104 Å². The van der Waals surface area contributed by atoms with Crippen molar-refractivity contribution in [1.29, 1.82) is 0 Å². The highest BCUT2D eigenvalue weighted by atomic mass is 32.2. The Morgan fingerprint density at radius 2 is 1.76 bits per heavy atom. The van der Waals surface area contributed by atoms with Crippen molar-refractivity contribution >= 4 is 21.4 Å². The molecule has 0 aliphatic carbocycles. The summed E-state index contributed by atoms with van der Waals surface area (Å²) in [5, 5.41) is 22.6. The van der Waals surface area contributed by atoms with Gasteiger partial charge in [-0.05, 0) is 55.2 Å². The van der Waals surface area contributed by atoms with Crippen molar-refractivity contribution in [1.82, 2.24) is 4.31 Å². The predicted octanol–water partition coefficient (Wildman–Crippen LogP) is 3.97. The molecule has 2 saturated heterocycles. The van der Waals surface area contributed by atoms with E-state index in [0.29, 0.717) is 44.7 Å². The second-order valence-corrected chi connectivity index (χ2v) is 11.1. The Bertz CT molecular complexity index is 1080. The number of rotatable bonds is 6. The van der Waals surface area contributed by atoms with Gasteiger partial charge in [0.25, 0.3) is 5.69 Å². The van der Waals surface area contributed by atoms with Gasteiger partial charge in [0, 0.05) is 32.2 Å². The molecular formula is C24H31N3O5S. The highest BCUT2D eigenvalue weighted by molar-refractivity contribution is 7.89. The number of piperidine rings is 2. The van der Waals surface area contributed by atoms with Gasteiger partial charge in [0.05, 0.1) is 15.9 Å². The number of aliphatic hydroxyl groups is 1. The van der Waals surface area contributed by atoms with Crippen LogP contribution in [0.5, 0.6) is 0 Å². The third-order valence-corrected chi connectivity index (χ3v) is 8.73. The lowest BCUT2D eigenvalue weighted by Crippen LogP contribution is -2.39. The minimum atomic E-state index is -3.77. The van der Waals surface area contributed by atoms with Crippen molar-refractivity contribution in [3.05, 3.63) is 64.2 Å². The van der Waals surface area contributed by atoms with Crippen LogP contribution in [0.25, 0.3) is 0 Å². The Labute approximate surface area is 195 Å². The Hall–Kier alpha value is -2.49. The molecule has 9 heteroatoms. The third kappa shape index (κ3) is 5.05. The first kappa shape index (κ1) is 23.7. The first-order chi connectivity index (χ1) is 15.8. The molecule has 178 valence electrons. The molecule has 0 aromatic heterocycles. The van der Waals surface area contributed by atoms with Gasteiger partial charge in [-0.1, -0.05) is 37.3 Å². The van der Waals surface area contributed by atoms with Crippen LogP contribution in [-0.4, -0.2) is 48.9 Å². The molecule has 1 N–H and O–H groups in total. The van der Waals surface area contributed by atoms with Crippen LogP contribution in [0.2, 0.25) is 0 Å². The Kier molecular flexibility index (Phi) is 7.02. The van der Waals surface area contributed by atoms with Crippen molar-refractivity contribution < 1.29 is 18.4 Å². The van der Waals surface area contributed by atoms with Crippen LogP contribution >= 0.6 is 0 Å². The number of hydrogen-bond donors (Lipinski definition) is 1. The smallest absolute Gasteiger partial charge is 0.293 e. The maximum atomic E-state index is 13.1. The number of aliphatic hydroxyl groups excluding tert-OH is 1. The van der Waals surface area contributed by atoms with Gasteiger partial charge in [-0.3, -0.25) is 10.1 Å². The Morgan fingerprint density at radius 3 is 2.39 bits per heavy atom. The van der Waals surface area contributed by atoms with E-state index in [2.05, 4.69) is 0 Å². The van der Waals surface area contributed by atoms with Gasteiger partial charge in [0.15, 0.2) is 0 Å². The fourth-order valence-corrected chi connectivity index (χ4v) is 6.59. The molecule has 2 heterocycles. The number of hydrogen-bond acceptors (Lipinski definition) is 6. The zero-order valence-corrected chi connectivity index (χ0v) is 19.7. The largest absolute Gasteiger partial charge is 0.388 e. The van der Waals surface area contributed by atoms with Crippen molar-refractivity contribution in [2.24, 2.45) is 11.8 Å². The molecule has 2 fully saturated rings. The molecule has 0 spiro atoms. The Balaban J connectivity index is 1.51. The maximum Gasteiger partial charge on any atom is 0.293 e. The fraction of sp³-hybridized carbons (Fsp3) is 0.500. The zero-order valence-electron chi connectivity index (χ0n) is 18.8. The SMILES string of the molecule is C[C@@H]1CCCN(S(=O)(=O)c2ccc(N3CCC([C@@H](O)c4ccccc4)CC3)c([N+](=O)[O-])c2)C1. The zero-order chi connectivity index (χ0) is 23.6. The molecular weight excluding hydrogens is 442 g/mol. The maximum absolute atomic E-state index is 13.1. The van der Waals surface area contributed by atoms with Crippen LogP contribution in [0.1, 0.15) is 44.3 Å². The second-order valence-electron chi connectivity index (χ2n) is 9.20. The van der Waals surface area contributed by atoms with Crippen LogP contribution in [-0.2, 0) is 10.0 Å². The quantitative estimate of drug-likeness (QED) is 0.503. The average Bonchev–Trinajstić information content (AvgIpc) is 2.84. The summed E-state index contributed by atoms with van der Waals surface area (Å²) in [7, 11) is -3.77. The number of nitro groups is 1. The second kappa shape index (κ2) is 9.79. The third-order valence-electron chi connectivity index (χ3n) is 6.87. The molecule has 2 atom stereocenters.